The SMILES string of the molecule is COc1cc(C=CC(=O)NC2CCC(C)CC2)ccc1OCCCCCC(=O)O.[Na]. The number of ether oxygens (including phenoxy) is 2. The molecular formula is C23H33NNaO5. The van der Waals surface area contributed by atoms with Crippen LogP contribution in [-0.2, 0) is 9.59 Å². The van der Waals surface area contributed by atoms with E-state index in [1.807, 2.05) is 18.2 Å². The van der Waals surface area contributed by atoms with Gasteiger partial charge in [-0.05, 0) is 74.6 Å². The van der Waals surface area contributed by atoms with Gasteiger partial charge in [0, 0.05) is 48.1 Å². The first-order chi connectivity index (χ1) is 14.0. The topological polar surface area (TPSA) is 84.9 Å². The Morgan fingerprint density at radius 3 is 2.53 bits per heavy atom. The number of nitrogens with one attached hydrogen (secondary N) is 1. The monoisotopic (exact) mass is 426 g/mol. The van der Waals surface area contributed by atoms with Crippen molar-refractivity contribution in [3.8, 4) is 11.5 Å². The summed E-state index contributed by atoms with van der Waals surface area (Å²) in [6.07, 6.45) is 10.2. The molecule has 0 aromatic heterocycles. The molecule has 1 fully saturated rings. The van der Waals surface area contributed by atoms with Crippen LogP contribution in [0.1, 0.15) is 63.9 Å². The van der Waals surface area contributed by atoms with Crippen molar-refractivity contribution >= 4 is 47.5 Å². The van der Waals surface area contributed by atoms with Crippen LogP contribution in [0.3, 0.4) is 0 Å². The molecule has 1 radical (unpaired) electrons. The molecule has 7 heteroatoms. The molecule has 1 aliphatic carbocycles. The molecule has 0 heterocycles. The van der Waals surface area contributed by atoms with E-state index in [2.05, 4.69) is 12.2 Å². The molecule has 2 rings (SSSR count). The summed E-state index contributed by atoms with van der Waals surface area (Å²) in [7, 11) is 1.58. The third-order valence-electron chi connectivity index (χ3n) is 5.27. The van der Waals surface area contributed by atoms with E-state index in [9.17, 15) is 9.59 Å². The Morgan fingerprint density at radius 2 is 1.87 bits per heavy atom. The van der Waals surface area contributed by atoms with Gasteiger partial charge in [0.2, 0.25) is 5.91 Å². The van der Waals surface area contributed by atoms with Gasteiger partial charge in [-0.2, -0.15) is 0 Å². The van der Waals surface area contributed by atoms with Crippen LogP contribution in [0.5, 0.6) is 11.5 Å². The fraction of sp³-hybridized carbons (Fsp3) is 0.565. The first-order valence-corrected chi connectivity index (χ1v) is 10.5. The van der Waals surface area contributed by atoms with E-state index in [0.717, 1.165) is 37.2 Å². The standard InChI is InChI=1S/C23H33NO5.Na/c1-17-7-11-19(12-8-17)24-22(25)14-10-18-9-13-20(21(16-18)28-2)29-15-5-3-4-6-23(26)27;/h9-10,13-14,16-17,19H,3-8,11-12,15H2,1-2H3,(H,24,25)(H,26,27);. The molecule has 0 aliphatic heterocycles. The van der Waals surface area contributed by atoms with Crippen LogP contribution < -0.4 is 14.8 Å². The maximum absolute atomic E-state index is 12.2. The van der Waals surface area contributed by atoms with Crippen molar-refractivity contribution in [2.45, 2.75) is 64.3 Å². The van der Waals surface area contributed by atoms with Gasteiger partial charge in [-0.25, -0.2) is 0 Å². The summed E-state index contributed by atoms with van der Waals surface area (Å²) in [6.45, 7) is 2.77. The molecule has 161 valence electrons. The van der Waals surface area contributed by atoms with Gasteiger partial charge in [-0.3, -0.25) is 9.59 Å². The van der Waals surface area contributed by atoms with E-state index in [-0.39, 0.29) is 47.9 Å². The summed E-state index contributed by atoms with van der Waals surface area (Å²) in [4.78, 5) is 22.7. The van der Waals surface area contributed by atoms with Gasteiger partial charge in [0.05, 0.1) is 13.7 Å². The van der Waals surface area contributed by atoms with E-state index in [1.54, 1.807) is 19.3 Å². The number of benzene rings is 1. The van der Waals surface area contributed by atoms with Gasteiger partial charge < -0.3 is 19.9 Å². The summed E-state index contributed by atoms with van der Waals surface area (Å²) in [5, 5.41) is 11.7. The van der Waals surface area contributed by atoms with Crippen molar-refractivity contribution in [1.82, 2.24) is 5.32 Å². The summed E-state index contributed by atoms with van der Waals surface area (Å²) in [5.74, 6) is 1.18. The summed E-state index contributed by atoms with van der Waals surface area (Å²) >= 11 is 0. The second kappa shape index (κ2) is 14.5. The van der Waals surface area contributed by atoms with Crippen molar-refractivity contribution in [1.29, 1.82) is 0 Å². The largest absolute Gasteiger partial charge is 0.493 e. The van der Waals surface area contributed by atoms with Gasteiger partial charge in [-0.1, -0.05) is 13.0 Å². The maximum atomic E-state index is 12.2. The Balaban J connectivity index is 0.00000450. The molecule has 1 aromatic rings. The zero-order chi connectivity index (χ0) is 21.1. The quantitative estimate of drug-likeness (QED) is 0.317. The first kappa shape index (κ1) is 26.5. The molecule has 0 bridgehead atoms. The number of methoxy groups -OCH3 is 1. The van der Waals surface area contributed by atoms with Crippen LogP contribution in [0.2, 0.25) is 0 Å². The van der Waals surface area contributed by atoms with Crippen LogP contribution in [0.25, 0.3) is 6.08 Å². The first-order valence-electron chi connectivity index (χ1n) is 10.5. The maximum Gasteiger partial charge on any atom is 0.303 e. The minimum atomic E-state index is -0.766. The molecule has 0 unspecified atom stereocenters. The minimum absolute atomic E-state index is 0. The van der Waals surface area contributed by atoms with Gasteiger partial charge in [-0.15, -0.1) is 0 Å². The van der Waals surface area contributed by atoms with Crippen molar-refractivity contribution < 1.29 is 24.2 Å². The van der Waals surface area contributed by atoms with E-state index < -0.39 is 5.97 Å². The van der Waals surface area contributed by atoms with Crippen LogP contribution in [0, 0.1) is 5.92 Å². The molecule has 0 atom stereocenters. The molecule has 30 heavy (non-hydrogen) atoms. The Hall–Kier alpha value is -1.50. The molecule has 1 amide bonds. The fourth-order valence-corrected chi connectivity index (χ4v) is 3.47. The Morgan fingerprint density at radius 1 is 1.13 bits per heavy atom. The van der Waals surface area contributed by atoms with Crippen LogP contribution in [0.4, 0.5) is 0 Å². The summed E-state index contributed by atoms with van der Waals surface area (Å²) < 4.78 is 11.1. The van der Waals surface area contributed by atoms with E-state index in [0.29, 0.717) is 24.5 Å². The number of carbonyl (C=O) groups is 2. The smallest absolute Gasteiger partial charge is 0.303 e. The number of amides is 1. The van der Waals surface area contributed by atoms with Crippen molar-refractivity contribution in [2.24, 2.45) is 5.92 Å². The number of hydrogen-bond acceptors (Lipinski definition) is 4. The average Bonchev–Trinajstić information content (AvgIpc) is 2.71. The molecular weight excluding hydrogens is 393 g/mol. The molecule has 1 aliphatic rings. The Bertz CT molecular complexity index is 699. The zero-order valence-electron chi connectivity index (χ0n) is 18.5. The number of carboxylic acids is 1. The third kappa shape index (κ3) is 10.0. The van der Waals surface area contributed by atoms with Gasteiger partial charge >= 0.3 is 5.97 Å². The number of aliphatic carboxylic acids is 1. The third-order valence-corrected chi connectivity index (χ3v) is 5.27. The van der Waals surface area contributed by atoms with Gasteiger partial charge in [0.1, 0.15) is 0 Å². The molecule has 0 saturated heterocycles. The van der Waals surface area contributed by atoms with Crippen LogP contribution >= 0.6 is 0 Å². The number of carboxylic acid groups (broad SMARTS) is 1. The predicted octanol–water partition coefficient (Wildman–Crippen LogP) is 4.05. The normalized spacial score (nSPS) is 18.5. The number of carbonyl (C=O) groups excluding carboxylic acids is 1. The van der Waals surface area contributed by atoms with E-state index >= 15 is 0 Å². The van der Waals surface area contributed by atoms with Crippen LogP contribution in [-0.4, -0.2) is 66.3 Å². The summed E-state index contributed by atoms with van der Waals surface area (Å²) in [5.41, 5.74) is 0.864. The average molecular weight is 427 g/mol. The van der Waals surface area contributed by atoms with Crippen molar-refractivity contribution in [3.63, 3.8) is 0 Å². The second-order valence-electron chi connectivity index (χ2n) is 7.76. The number of hydrogen-bond donors (Lipinski definition) is 2. The van der Waals surface area contributed by atoms with Crippen molar-refractivity contribution in [3.05, 3.63) is 29.8 Å². The molecule has 1 saturated carbocycles. The van der Waals surface area contributed by atoms with E-state index in [1.165, 1.54) is 12.8 Å². The van der Waals surface area contributed by atoms with Crippen molar-refractivity contribution in [2.75, 3.05) is 13.7 Å². The molecule has 0 spiro atoms. The molecule has 6 nitrogen and oxygen atoms in total. The Labute approximate surface area is 201 Å². The fourth-order valence-electron chi connectivity index (χ4n) is 3.47. The Kier molecular flexibility index (Phi) is 12.8. The molecule has 2 N–H and O–H groups in total. The van der Waals surface area contributed by atoms with E-state index in [4.69, 9.17) is 14.6 Å². The minimum Gasteiger partial charge on any atom is -0.493 e. The predicted molar refractivity (Wildman–Crippen MR) is 119 cm³/mol. The van der Waals surface area contributed by atoms with Crippen LogP contribution in [0.15, 0.2) is 24.3 Å². The second-order valence-corrected chi connectivity index (χ2v) is 7.76. The number of rotatable bonds is 11. The molecule has 1 aromatic carbocycles. The summed E-state index contributed by atoms with van der Waals surface area (Å²) in [6, 6.07) is 5.83. The number of unbranched alkanes of at least 4 members (excludes halogenated alkanes) is 2. The van der Waals surface area contributed by atoms with Gasteiger partial charge in [0.25, 0.3) is 0 Å². The zero-order valence-corrected chi connectivity index (χ0v) is 20.5. The van der Waals surface area contributed by atoms with Gasteiger partial charge in [0.15, 0.2) is 11.5 Å².